The molecule has 0 aliphatic carbocycles. The molecule has 1 aromatic heterocycles. The van der Waals surface area contributed by atoms with Crippen LogP contribution in [0.25, 0.3) is 0 Å². The molecule has 0 bridgehead atoms. The van der Waals surface area contributed by atoms with Crippen molar-refractivity contribution < 1.29 is 17.9 Å². The zero-order valence-corrected chi connectivity index (χ0v) is 7.79. The molecule has 0 saturated carbocycles. The van der Waals surface area contributed by atoms with E-state index in [2.05, 4.69) is 10.2 Å². The van der Waals surface area contributed by atoms with Gasteiger partial charge in [0.25, 0.3) is 0 Å². The van der Waals surface area contributed by atoms with Gasteiger partial charge >= 0.3 is 6.18 Å². The van der Waals surface area contributed by atoms with Gasteiger partial charge in [0, 0.05) is 12.1 Å². The smallest absolute Gasteiger partial charge is 0.392 e. The summed E-state index contributed by atoms with van der Waals surface area (Å²) in [5.74, 6) is 0.0595. The molecule has 0 aliphatic heterocycles. The van der Waals surface area contributed by atoms with Crippen LogP contribution in [0.4, 0.5) is 13.2 Å². The Bertz CT molecular complexity index is 316. The molecule has 0 amide bonds. The Morgan fingerprint density at radius 3 is 2.73 bits per heavy atom. The Morgan fingerprint density at radius 2 is 2.13 bits per heavy atom. The van der Waals surface area contributed by atoms with Gasteiger partial charge in [-0.05, 0) is 6.07 Å². The molecule has 0 aliphatic rings. The average Bonchev–Trinajstić information content (AvgIpc) is 2.16. The summed E-state index contributed by atoms with van der Waals surface area (Å²) < 4.78 is 40.2. The number of ether oxygens (including phenoxy) is 1. The van der Waals surface area contributed by atoms with E-state index >= 15 is 0 Å². The summed E-state index contributed by atoms with van der Waals surface area (Å²) in [5.41, 5.74) is 5.87. The Hall–Kier alpha value is -1.37. The fourth-order valence-corrected chi connectivity index (χ4v) is 0.885. The quantitative estimate of drug-likeness (QED) is 0.831. The summed E-state index contributed by atoms with van der Waals surface area (Å²) in [6, 6.07) is 1.55. The fourth-order valence-electron chi connectivity index (χ4n) is 0.885. The highest BCUT2D eigenvalue weighted by Crippen LogP contribution is 2.20. The van der Waals surface area contributed by atoms with Gasteiger partial charge in [0.2, 0.25) is 5.88 Å². The Morgan fingerprint density at radius 1 is 1.40 bits per heavy atom. The van der Waals surface area contributed by atoms with Crippen LogP contribution in [0.5, 0.6) is 5.88 Å². The number of hydrogen-bond donors (Lipinski definition) is 1. The molecule has 0 spiro atoms. The molecule has 15 heavy (non-hydrogen) atoms. The standard InChI is InChI=1S/C8H10F3N3O/c9-8(10,11)2-4-15-7-6(5-12)1-3-13-14-7/h1,3H,2,4-5,12H2. The molecule has 84 valence electrons. The summed E-state index contributed by atoms with van der Waals surface area (Å²) in [6.45, 7) is -0.327. The molecule has 1 aromatic rings. The lowest BCUT2D eigenvalue weighted by Crippen LogP contribution is -2.14. The first-order chi connectivity index (χ1) is 7.03. The van der Waals surface area contributed by atoms with Crippen LogP contribution < -0.4 is 10.5 Å². The van der Waals surface area contributed by atoms with Crippen LogP contribution in [0.3, 0.4) is 0 Å². The van der Waals surface area contributed by atoms with E-state index in [1.165, 1.54) is 6.20 Å². The molecule has 2 N–H and O–H groups in total. The van der Waals surface area contributed by atoms with Gasteiger partial charge in [-0.15, -0.1) is 5.10 Å². The zero-order chi connectivity index (χ0) is 11.3. The second-order valence-electron chi connectivity index (χ2n) is 2.78. The fraction of sp³-hybridized carbons (Fsp3) is 0.500. The molecule has 4 nitrogen and oxygen atoms in total. The maximum Gasteiger partial charge on any atom is 0.392 e. The van der Waals surface area contributed by atoms with Crippen LogP contribution in [-0.2, 0) is 6.54 Å². The Labute approximate surface area is 84.2 Å². The van der Waals surface area contributed by atoms with Gasteiger partial charge < -0.3 is 10.5 Å². The van der Waals surface area contributed by atoms with Crippen molar-refractivity contribution in [2.24, 2.45) is 5.73 Å². The minimum atomic E-state index is -4.23. The predicted octanol–water partition coefficient (Wildman–Crippen LogP) is 1.27. The Balaban J connectivity index is 2.50. The first-order valence-electron chi connectivity index (χ1n) is 4.23. The van der Waals surface area contributed by atoms with Crippen LogP contribution in [0.15, 0.2) is 12.3 Å². The highest BCUT2D eigenvalue weighted by Gasteiger charge is 2.27. The average molecular weight is 221 g/mol. The molecule has 1 heterocycles. The van der Waals surface area contributed by atoms with E-state index in [0.29, 0.717) is 5.56 Å². The van der Waals surface area contributed by atoms with Crippen molar-refractivity contribution in [1.29, 1.82) is 0 Å². The lowest BCUT2D eigenvalue weighted by Gasteiger charge is -2.09. The van der Waals surface area contributed by atoms with Gasteiger partial charge in [-0.1, -0.05) is 0 Å². The number of aromatic nitrogens is 2. The Kier molecular flexibility index (Phi) is 3.84. The third kappa shape index (κ3) is 4.11. The van der Waals surface area contributed by atoms with Gasteiger partial charge in [0.1, 0.15) is 0 Å². The largest absolute Gasteiger partial charge is 0.476 e. The van der Waals surface area contributed by atoms with Crippen molar-refractivity contribution in [3.63, 3.8) is 0 Å². The van der Waals surface area contributed by atoms with Gasteiger partial charge in [-0.3, -0.25) is 0 Å². The normalized spacial score (nSPS) is 11.5. The topological polar surface area (TPSA) is 61.0 Å². The van der Waals surface area contributed by atoms with Crippen molar-refractivity contribution in [3.8, 4) is 5.88 Å². The van der Waals surface area contributed by atoms with E-state index < -0.39 is 19.2 Å². The third-order valence-corrected chi connectivity index (χ3v) is 1.61. The highest BCUT2D eigenvalue weighted by atomic mass is 19.4. The lowest BCUT2D eigenvalue weighted by atomic mass is 10.3. The van der Waals surface area contributed by atoms with Crippen LogP contribution in [0, 0.1) is 0 Å². The van der Waals surface area contributed by atoms with E-state index in [0.717, 1.165) is 0 Å². The third-order valence-electron chi connectivity index (χ3n) is 1.61. The number of hydrogen-bond acceptors (Lipinski definition) is 4. The van der Waals surface area contributed by atoms with Gasteiger partial charge in [0.15, 0.2) is 0 Å². The highest BCUT2D eigenvalue weighted by molar-refractivity contribution is 5.22. The maximum atomic E-state index is 11.8. The van der Waals surface area contributed by atoms with Gasteiger partial charge in [-0.2, -0.15) is 18.3 Å². The monoisotopic (exact) mass is 221 g/mol. The van der Waals surface area contributed by atoms with Crippen molar-refractivity contribution in [1.82, 2.24) is 10.2 Å². The number of nitrogens with two attached hydrogens (primary N) is 1. The first-order valence-corrected chi connectivity index (χ1v) is 4.23. The van der Waals surface area contributed by atoms with Crippen molar-refractivity contribution in [3.05, 3.63) is 17.8 Å². The van der Waals surface area contributed by atoms with Crippen molar-refractivity contribution >= 4 is 0 Å². The summed E-state index contributed by atoms with van der Waals surface area (Å²) in [5, 5.41) is 7.05. The predicted molar refractivity (Wildman–Crippen MR) is 46.1 cm³/mol. The maximum absolute atomic E-state index is 11.8. The van der Waals surface area contributed by atoms with E-state index in [-0.39, 0.29) is 12.4 Å². The van der Waals surface area contributed by atoms with Gasteiger partial charge in [0.05, 0.1) is 19.2 Å². The van der Waals surface area contributed by atoms with Gasteiger partial charge in [-0.25, -0.2) is 0 Å². The molecule has 0 radical (unpaired) electrons. The molecule has 1 rings (SSSR count). The number of halogens is 3. The minimum absolute atomic E-state index is 0.0595. The molecule has 0 aromatic carbocycles. The number of alkyl halides is 3. The molecule has 0 unspecified atom stereocenters. The van der Waals surface area contributed by atoms with Crippen LogP contribution >= 0.6 is 0 Å². The van der Waals surface area contributed by atoms with E-state index in [4.69, 9.17) is 10.5 Å². The zero-order valence-electron chi connectivity index (χ0n) is 7.79. The molecular weight excluding hydrogens is 211 g/mol. The second-order valence-corrected chi connectivity index (χ2v) is 2.78. The van der Waals surface area contributed by atoms with Crippen LogP contribution in [0.2, 0.25) is 0 Å². The molecule has 0 saturated heterocycles. The summed E-state index contributed by atoms with van der Waals surface area (Å²) in [7, 11) is 0. The first kappa shape index (κ1) is 11.7. The molecule has 0 atom stereocenters. The summed E-state index contributed by atoms with van der Waals surface area (Å²) in [6.07, 6.45) is -3.85. The second kappa shape index (κ2) is 4.92. The van der Waals surface area contributed by atoms with E-state index in [9.17, 15) is 13.2 Å². The number of rotatable bonds is 4. The lowest BCUT2D eigenvalue weighted by molar-refractivity contribution is -0.139. The van der Waals surface area contributed by atoms with Crippen molar-refractivity contribution in [2.45, 2.75) is 19.1 Å². The van der Waals surface area contributed by atoms with Crippen LogP contribution in [-0.4, -0.2) is 23.0 Å². The molecule has 7 heteroatoms. The van der Waals surface area contributed by atoms with Crippen molar-refractivity contribution in [2.75, 3.05) is 6.61 Å². The summed E-state index contributed by atoms with van der Waals surface area (Å²) >= 11 is 0. The SMILES string of the molecule is NCc1ccnnc1OCCC(F)(F)F. The number of nitrogens with zero attached hydrogens (tertiary/aromatic N) is 2. The molecular formula is C8H10F3N3O. The summed E-state index contributed by atoms with van der Waals surface area (Å²) in [4.78, 5) is 0. The van der Waals surface area contributed by atoms with E-state index in [1.807, 2.05) is 0 Å². The minimum Gasteiger partial charge on any atom is -0.476 e. The van der Waals surface area contributed by atoms with E-state index in [1.54, 1.807) is 6.07 Å². The molecule has 0 fully saturated rings. The van der Waals surface area contributed by atoms with Crippen LogP contribution in [0.1, 0.15) is 12.0 Å².